The molecule has 1 aromatic rings. The normalized spacial score (nSPS) is 20.1. The molecule has 1 aliphatic heterocycles. The third-order valence-corrected chi connectivity index (χ3v) is 4.89. The summed E-state index contributed by atoms with van der Waals surface area (Å²) in [7, 11) is 0. The molecule has 1 N–H and O–H groups in total. The van der Waals surface area contributed by atoms with E-state index in [1.54, 1.807) is 23.1 Å². The van der Waals surface area contributed by atoms with E-state index in [0.29, 0.717) is 12.0 Å². The highest BCUT2D eigenvalue weighted by atomic mass is 32.2. The van der Waals surface area contributed by atoms with Crippen LogP contribution in [0.3, 0.4) is 0 Å². The highest BCUT2D eigenvalue weighted by Crippen LogP contribution is 2.27. The molecule has 0 radical (unpaired) electrons. The molecule has 1 aromatic heterocycles. The Hall–Kier alpha value is -0.330. The second-order valence-electron chi connectivity index (χ2n) is 4.59. The van der Waals surface area contributed by atoms with Crippen LogP contribution >= 0.6 is 23.1 Å². The maximum atomic E-state index is 5.55. The topological polar surface area (TPSA) is 47.0 Å². The predicted molar refractivity (Wildman–Crippen MR) is 72.9 cm³/mol. The van der Waals surface area contributed by atoms with Gasteiger partial charge in [-0.05, 0) is 18.8 Å². The van der Waals surface area contributed by atoms with Crippen LogP contribution in [-0.4, -0.2) is 35.2 Å². The Kier molecular flexibility index (Phi) is 5.06. The van der Waals surface area contributed by atoms with Gasteiger partial charge in [0, 0.05) is 18.9 Å². The van der Waals surface area contributed by atoms with Crippen LogP contribution in [0.2, 0.25) is 0 Å². The van der Waals surface area contributed by atoms with Gasteiger partial charge in [-0.3, -0.25) is 0 Å². The second-order valence-corrected chi connectivity index (χ2v) is 6.84. The van der Waals surface area contributed by atoms with Crippen molar-refractivity contribution < 1.29 is 4.74 Å². The minimum atomic E-state index is 0.352. The second kappa shape index (κ2) is 6.56. The molecule has 0 aromatic carbocycles. The van der Waals surface area contributed by atoms with Gasteiger partial charge in [-0.2, -0.15) is 0 Å². The van der Waals surface area contributed by atoms with Crippen molar-refractivity contribution in [2.75, 3.05) is 24.2 Å². The summed E-state index contributed by atoms with van der Waals surface area (Å²) in [5.41, 5.74) is 0. The standard InChI is InChI=1S/C11H19N3OS2/c1-8(2)7-16-11-14-13-10(17-11)12-6-9-4-3-5-15-9/h8-9H,3-7H2,1-2H3,(H,12,13). The maximum absolute atomic E-state index is 5.55. The highest BCUT2D eigenvalue weighted by Gasteiger charge is 2.15. The molecule has 0 amide bonds. The van der Waals surface area contributed by atoms with Gasteiger partial charge in [0.05, 0.1) is 6.10 Å². The van der Waals surface area contributed by atoms with Gasteiger partial charge in [0.2, 0.25) is 5.13 Å². The molecule has 1 unspecified atom stereocenters. The van der Waals surface area contributed by atoms with Crippen molar-refractivity contribution in [1.29, 1.82) is 0 Å². The molecular formula is C11H19N3OS2. The lowest BCUT2D eigenvalue weighted by atomic mass is 10.2. The van der Waals surface area contributed by atoms with Crippen LogP contribution in [0.4, 0.5) is 5.13 Å². The van der Waals surface area contributed by atoms with Crippen LogP contribution in [0, 0.1) is 5.92 Å². The van der Waals surface area contributed by atoms with E-state index < -0.39 is 0 Å². The van der Waals surface area contributed by atoms with E-state index in [1.165, 1.54) is 6.42 Å². The Morgan fingerprint density at radius 1 is 1.53 bits per heavy atom. The van der Waals surface area contributed by atoms with Crippen molar-refractivity contribution >= 4 is 28.2 Å². The smallest absolute Gasteiger partial charge is 0.206 e. The fraction of sp³-hybridized carbons (Fsp3) is 0.818. The fourth-order valence-corrected chi connectivity index (χ4v) is 3.32. The molecular weight excluding hydrogens is 254 g/mol. The summed E-state index contributed by atoms with van der Waals surface area (Å²) in [5.74, 6) is 1.78. The van der Waals surface area contributed by atoms with E-state index >= 15 is 0 Å². The summed E-state index contributed by atoms with van der Waals surface area (Å²) in [6.07, 6.45) is 2.68. The van der Waals surface area contributed by atoms with Crippen LogP contribution in [0.25, 0.3) is 0 Å². The van der Waals surface area contributed by atoms with Gasteiger partial charge in [-0.1, -0.05) is 36.9 Å². The minimum absolute atomic E-state index is 0.352. The van der Waals surface area contributed by atoms with E-state index in [4.69, 9.17) is 4.74 Å². The Bertz CT molecular complexity index is 337. The number of anilines is 1. The van der Waals surface area contributed by atoms with E-state index in [-0.39, 0.29) is 0 Å². The summed E-state index contributed by atoms with van der Waals surface area (Å²) < 4.78 is 6.60. The first-order valence-corrected chi connectivity index (χ1v) is 7.86. The lowest BCUT2D eigenvalue weighted by molar-refractivity contribution is 0.120. The third kappa shape index (κ3) is 4.44. The van der Waals surface area contributed by atoms with Crippen molar-refractivity contribution in [3.05, 3.63) is 0 Å². The maximum Gasteiger partial charge on any atom is 0.206 e. The summed E-state index contributed by atoms with van der Waals surface area (Å²) >= 11 is 3.41. The van der Waals surface area contributed by atoms with Crippen LogP contribution in [0.15, 0.2) is 4.34 Å². The molecule has 2 rings (SSSR count). The Morgan fingerprint density at radius 2 is 2.41 bits per heavy atom. The summed E-state index contributed by atoms with van der Waals surface area (Å²) in [5, 5.41) is 12.5. The number of nitrogens with one attached hydrogen (secondary N) is 1. The Morgan fingerprint density at radius 3 is 3.12 bits per heavy atom. The molecule has 0 bridgehead atoms. The van der Waals surface area contributed by atoms with E-state index in [9.17, 15) is 0 Å². The van der Waals surface area contributed by atoms with E-state index in [1.807, 2.05) is 0 Å². The zero-order valence-electron chi connectivity index (χ0n) is 10.3. The van der Waals surface area contributed by atoms with Crippen molar-refractivity contribution in [3.8, 4) is 0 Å². The molecule has 17 heavy (non-hydrogen) atoms. The van der Waals surface area contributed by atoms with Crippen LogP contribution in [0.1, 0.15) is 26.7 Å². The van der Waals surface area contributed by atoms with Crippen LogP contribution < -0.4 is 5.32 Å². The van der Waals surface area contributed by atoms with Gasteiger partial charge in [-0.15, -0.1) is 10.2 Å². The SMILES string of the molecule is CC(C)CSc1nnc(NCC2CCCO2)s1. The molecule has 0 saturated carbocycles. The van der Waals surface area contributed by atoms with Crippen molar-refractivity contribution in [3.63, 3.8) is 0 Å². The van der Waals surface area contributed by atoms with Gasteiger partial charge in [0.1, 0.15) is 0 Å². The van der Waals surface area contributed by atoms with E-state index in [2.05, 4.69) is 29.4 Å². The fourth-order valence-electron chi connectivity index (χ4n) is 1.58. The molecule has 96 valence electrons. The number of aromatic nitrogens is 2. The first-order valence-electron chi connectivity index (χ1n) is 6.06. The summed E-state index contributed by atoms with van der Waals surface area (Å²) in [6, 6.07) is 0. The number of ether oxygens (including phenoxy) is 1. The number of thioether (sulfide) groups is 1. The predicted octanol–water partition coefficient (Wildman–Crippen LogP) is 2.88. The molecule has 4 nitrogen and oxygen atoms in total. The van der Waals surface area contributed by atoms with Crippen molar-refractivity contribution in [2.45, 2.75) is 37.1 Å². The van der Waals surface area contributed by atoms with Gasteiger partial charge < -0.3 is 10.1 Å². The zero-order chi connectivity index (χ0) is 12.1. The molecule has 1 saturated heterocycles. The number of hydrogen-bond acceptors (Lipinski definition) is 6. The average Bonchev–Trinajstić information content (AvgIpc) is 2.95. The number of hydrogen-bond donors (Lipinski definition) is 1. The quantitative estimate of drug-likeness (QED) is 0.808. The largest absolute Gasteiger partial charge is 0.376 e. The Labute approximate surface area is 111 Å². The molecule has 0 aliphatic carbocycles. The lowest BCUT2D eigenvalue weighted by Crippen LogP contribution is -2.18. The summed E-state index contributed by atoms with van der Waals surface area (Å²) in [6.45, 7) is 6.18. The van der Waals surface area contributed by atoms with Gasteiger partial charge in [0.25, 0.3) is 0 Å². The lowest BCUT2D eigenvalue weighted by Gasteiger charge is -2.08. The third-order valence-electron chi connectivity index (χ3n) is 2.45. The van der Waals surface area contributed by atoms with Crippen molar-refractivity contribution in [1.82, 2.24) is 10.2 Å². The molecule has 0 spiro atoms. The van der Waals surface area contributed by atoms with Gasteiger partial charge >= 0.3 is 0 Å². The molecule has 1 fully saturated rings. The number of nitrogens with zero attached hydrogens (tertiary/aromatic N) is 2. The van der Waals surface area contributed by atoms with E-state index in [0.717, 1.165) is 34.8 Å². The molecule has 2 heterocycles. The highest BCUT2D eigenvalue weighted by molar-refractivity contribution is 8.01. The number of rotatable bonds is 6. The monoisotopic (exact) mass is 273 g/mol. The van der Waals surface area contributed by atoms with Gasteiger partial charge in [0.15, 0.2) is 4.34 Å². The molecule has 1 aliphatic rings. The average molecular weight is 273 g/mol. The van der Waals surface area contributed by atoms with Crippen LogP contribution in [-0.2, 0) is 4.74 Å². The van der Waals surface area contributed by atoms with Crippen molar-refractivity contribution in [2.24, 2.45) is 5.92 Å². The Balaban J connectivity index is 1.73. The minimum Gasteiger partial charge on any atom is -0.376 e. The molecule has 1 atom stereocenters. The first-order chi connectivity index (χ1) is 8.24. The first kappa shape index (κ1) is 13.1. The summed E-state index contributed by atoms with van der Waals surface area (Å²) in [4.78, 5) is 0. The zero-order valence-corrected chi connectivity index (χ0v) is 11.9. The van der Waals surface area contributed by atoms with Crippen LogP contribution in [0.5, 0.6) is 0 Å². The molecule has 6 heteroatoms. The van der Waals surface area contributed by atoms with Gasteiger partial charge in [-0.25, -0.2) is 0 Å².